The summed E-state index contributed by atoms with van der Waals surface area (Å²) in [5.41, 5.74) is 8.81. The van der Waals surface area contributed by atoms with Gasteiger partial charge in [0.1, 0.15) is 5.82 Å². The van der Waals surface area contributed by atoms with E-state index in [0.717, 1.165) is 11.1 Å². The van der Waals surface area contributed by atoms with Crippen molar-refractivity contribution < 1.29 is 4.79 Å². The third-order valence-electron chi connectivity index (χ3n) is 2.65. The molecule has 2 aromatic rings. The molecule has 0 saturated heterocycles. The molecule has 0 spiro atoms. The number of aryl methyl sites for hydroxylation is 2. The third-order valence-corrected chi connectivity index (χ3v) is 2.65. The molecule has 0 unspecified atom stereocenters. The van der Waals surface area contributed by atoms with Gasteiger partial charge in [-0.2, -0.15) is 0 Å². The van der Waals surface area contributed by atoms with Gasteiger partial charge in [-0.05, 0) is 49.2 Å². The fourth-order valence-corrected chi connectivity index (χ4v) is 1.67. The third kappa shape index (κ3) is 2.66. The summed E-state index contributed by atoms with van der Waals surface area (Å²) in [6, 6.07) is 8.88. The molecule has 0 aliphatic heterocycles. The number of pyridine rings is 1. The van der Waals surface area contributed by atoms with E-state index in [9.17, 15) is 4.79 Å². The van der Waals surface area contributed by atoms with Crippen LogP contribution in [0, 0.1) is 13.8 Å². The molecule has 2 rings (SSSR count). The molecule has 4 heteroatoms. The predicted molar refractivity (Wildman–Crippen MR) is 72.5 cm³/mol. The van der Waals surface area contributed by atoms with Crippen molar-refractivity contribution in [2.75, 3.05) is 11.1 Å². The van der Waals surface area contributed by atoms with E-state index in [2.05, 4.69) is 10.3 Å². The van der Waals surface area contributed by atoms with Gasteiger partial charge in [0.25, 0.3) is 5.91 Å². The summed E-state index contributed by atoms with van der Waals surface area (Å²) < 4.78 is 0. The first kappa shape index (κ1) is 12.1. The second-order valence-corrected chi connectivity index (χ2v) is 4.25. The quantitative estimate of drug-likeness (QED) is 0.794. The van der Waals surface area contributed by atoms with Crippen molar-refractivity contribution in [1.29, 1.82) is 0 Å². The Bertz CT molecular complexity index is 576. The highest BCUT2D eigenvalue weighted by atomic mass is 16.1. The Balaban J connectivity index is 2.19. The number of nitrogens with two attached hydrogens (primary N) is 1. The molecule has 1 aromatic carbocycles. The van der Waals surface area contributed by atoms with Gasteiger partial charge in [0.05, 0.1) is 0 Å². The number of nitrogens with one attached hydrogen (secondary N) is 1. The lowest BCUT2D eigenvalue weighted by molar-refractivity contribution is 0.102. The molecule has 0 aliphatic rings. The second kappa shape index (κ2) is 4.87. The van der Waals surface area contributed by atoms with Crippen molar-refractivity contribution >= 4 is 17.4 Å². The standard InChI is InChI=1S/C14H15N3O/c1-9-3-6-13(16-8-9)17-14(18)12-5-4-11(15)7-10(12)2/h3-8H,15H2,1-2H3,(H,16,17,18). The molecule has 0 aliphatic carbocycles. The topological polar surface area (TPSA) is 68.0 Å². The predicted octanol–water partition coefficient (Wildman–Crippen LogP) is 2.53. The summed E-state index contributed by atoms with van der Waals surface area (Å²) >= 11 is 0. The van der Waals surface area contributed by atoms with Crippen LogP contribution in [0.5, 0.6) is 0 Å². The minimum Gasteiger partial charge on any atom is -0.399 e. The molecule has 1 heterocycles. The van der Waals surface area contributed by atoms with Crippen LogP contribution in [0.1, 0.15) is 21.5 Å². The lowest BCUT2D eigenvalue weighted by Gasteiger charge is -2.07. The van der Waals surface area contributed by atoms with Crippen LogP contribution >= 0.6 is 0 Å². The number of rotatable bonds is 2. The highest BCUT2D eigenvalue weighted by molar-refractivity contribution is 6.05. The number of nitrogens with zero attached hydrogens (tertiary/aromatic N) is 1. The van der Waals surface area contributed by atoms with E-state index in [1.165, 1.54) is 0 Å². The summed E-state index contributed by atoms with van der Waals surface area (Å²) in [6.07, 6.45) is 1.71. The molecule has 4 nitrogen and oxygen atoms in total. The Labute approximate surface area is 106 Å². The van der Waals surface area contributed by atoms with Crippen LogP contribution in [0.4, 0.5) is 11.5 Å². The van der Waals surface area contributed by atoms with E-state index in [0.29, 0.717) is 17.1 Å². The van der Waals surface area contributed by atoms with Gasteiger partial charge in [0.15, 0.2) is 0 Å². The Morgan fingerprint density at radius 3 is 2.61 bits per heavy atom. The van der Waals surface area contributed by atoms with Gasteiger partial charge < -0.3 is 11.1 Å². The van der Waals surface area contributed by atoms with Gasteiger partial charge in [0, 0.05) is 17.4 Å². The molecule has 0 bridgehead atoms. The molecule has 0 radical (unpaired) electrons. The van der Waals surface area contributed by atoms with E-state index >= 15 is 0 Å². The molecule has 0 saturated carbocycles. The summed E-state index contributed by atoms with van der Waals surface area (Å²) in [5, 5.41) is 2.75. The van der Waals surface area contributed by atoms with Crippen LogP contribution in [0.2, 0.25) is 0 Å². The highest BCUT2D eigenvalue weighted by Gasteiger charge is 2.09. The SMILES string of the molecule is Cc1ccc(NC(=O)c2ccc(N)cc2C)nc1. The minimum absolute atomic E-state index is 0.177. The smallest absolute Gasteiger partial charge is 0.257 e. The number of carbonyl (C=O) groups is 1. The number of amides is 1. The maximum absolute atomic E-state index is 12.0. The van der Waals surface area contributed by atoms with E-state index in [1.807, 2.05) is 19.9 Å². The van der Waals surface area contributed by atoms with Gasteiger partial charge in [-0.15, -0.1) is 0 Å². The number of aromatic nitrogens is 1. The minimum atomic E-state index is -0.177. The number of carbonyl (C=O) groups excluding carboxylic acids is 1. The van der Waals surface area contributed by atoms with Crippen molar-refractivity contribution in [2.45, 2.75) is 13.8 Å². The van der Waals surface area contributed by atoms with Gasteiger partial charge in [0.2, 0.25) is 0 Å². The number of hydrogen-bond donors (Lipinski definition) is 2. The van der Waals surface area contributed by atoms with Crippen LogP contribution in [0.3, 0.4) is 0 Å². The van der Waals surface area contributed by atoms with Crippen molar-refractivity contribution in [3.8, 4) is 0 Å². The number of benzene rings is 1. The summed E-state index contributed by atoms with van der Waals surface area (Å²) in [5.74, 6) is 0.366. The Morgan fingerprint density at radius 1 is 1.22 bits per heavy atom. The Kier molecular flexibility index (Phi) is 3.28. The molecule has 18 heavy (non-hydrogen) atoms. The van der Waals surface area contributed by atoms with Crippen LogP contribution in [0.25, 0.3) is 0 Å². The molecule has 3 N–H and O–H groups in total. The average molecular weight is 241 g/mol. The monoisotopic (exact) mass is 241 g/mol. The first-order valence-electron chi connectivity index (χ1n) is 5.66. The molecule has 1 aromatic heterocycles. The van der Waals surface area contributed by atoms with Crippen molar-refractivity contribution in [1.82, 2.24) is 4.98 Å². The molecular weight excluding hydrogens is 226 g/mol. The zero-order chi connectivity index (χ0) is 13.1. The first-order chi connectivity index (χ1) is 8.56. The lowest BCUT2D eigenvalue weighted by Crippen LogP contribution is -2.14. The summed E-state index contributed by atoms with van der Waals surface area (Å²) in [6.45, 7) is 3.80. The number of anilines is 2. The van der Waals surface area contributed by atoms with Crippen molar-refractivity contribution in [2.24, 2.45) is 0 Å². The van der Waals surface area contributed by atoms with E-state index < -0.39 is 0 Å². The lowest BCUT2D eigenvalue weighted by atomic mass is 10.1. The zero-order valence-corrected chi connectivity index (χ0v) is 10.4. The number of nitrogen functional groups attached to an aromatic ring is 1. The molecular formula is C14H15N3O. The van der Waals surface area contributed by atoms with Crippen LogP contribution in [-0.4, -0.2) is 10.9 Å². The Hall–Kier alpha value is -2.36. The van der Waals surface area contributed by atoms with Crippen molar-refractivity contribution in [3.05, 3.63) is 53.2 Å². The molecule has 1 amide bonds. The second-order valence-electron chi connectivity index (χ2n) is 4.25. The number of hydrogen-bond acceptors (Lipinski definition) is 3. The van der Waals surface area contributed by atoms with Crippen molar-refractivity contribution in [3.63, 3.8) is 0 Å². The zero-order valence-electron chi connectivity index (χ0n) is 10.4. The van der Waals surface area contributed by atoms with Gasteiger partial charge in [-0.1, -0.05) is 6.07 Å². The Morgan fingerprint density at radius 2 is 2.00 bits per heavy atom. The average Bonchev–Trinajstić information content (AvgIpc) is 2.32. The van der Waals surface area contributed by atoms with Gasteiger partial charge >= 0.3 is 0 Å². The van der Waals surface area contributed by atoms with Gasteiger partial charge in [-0.25, -0.2) is 4.98 Å². The summed E-state index contributed by atoms with van der Waals surface area (Å²) in [4.78, 5) is 16.2. The summed E-state index contributed by atoms with van der Waals surface area (Å²) in [7, 11) is 0. The fraction of sp³-hybridized carbons (Fsp3) is 0.143. The highest BCUT2D eigenvalue weighted by Crippen LogP contribution is 2.14. The molecule has 92 valence electrons. The van der Waals surface area contributed by atoms with Crippen LogP contribution < -0.4 is 11.1 Å². The first-order valence-corrected chi connectivity index (χ1v) is 5.66. The van der Waals surface area contributed by atoms with Crippen LogP contribution in [-0.2, 0) is 0 Å². The maximum atomic E-state index is 12.0. The van der Waals surface area contributed by atoms with E-state index in [-0.39, 0.29) is 5.91 Å². The van der Waals surface area contributed by atoms with Gasteiger partial charge in [-0.3, -0.25) is 4.79 Å². The van der Waals surface area contributed by atoms with E-state index in [1.54, 1.807) is 30.5 Å². The maximum Gasteiger partial charge on any atom is 0.257 e. The fourth-order valence-electron chi connectivity index (χ4n) is 1.67. The molecule has 0 fully saturated rings. The van der Waals surface area contributed by atoms with E-state index in [4.69, 9.17) is 5.73 Å². The molecule has 0 atom stereocenters. The largest absolute Gasteiger partial charge is 0.399 e. The normalized spacial score (nSPS) is 10.1. The van der Waals surface area contributed by atoms with Crippen LogP contribution in [0.15, 0.2) is 36.5 Å².